The minimum atomic E-state index is -1.60. The molecule has 0 aromatic carbocycles. The zero-order valence-corrected chi connectivity index (χ0v) is 14.4. The highest BCUT2D eigenvalue weighted by molar-refractivity contribution is 6.01. The van der Waals surface area contributed by atoms with Gasteiger partial charge in [-0.15, -0.1) is 0 Å². The van der Waals surface area contributed by atoms with Crippen LogP contribution in [-0.2, 0) is 36.4 Å². The van der Waals surface area contributed by atoms with Crippen LogP contribution in [0.5, 0.6) is 0 Å². The highest BCUT2D eigenvalue weighted by Gasteiger charge is 2.51. The number of aryl methyl sites for hydroxylation is 1. The van der Waals surface area contributed by atoms with Gasteiger partial charge in [0.15, 0.2) is 6.29 Å². The number of esters is 2. The third kappa shape index (κ3) is 4.28. The zero-order valence-electron chi connectivity index (χ0n) is 12.8. The van der Waals surface area contributed by atoms with Crippen molar-refractivity contribution in [3.63, 3.8) is 0 Å². The van der Waals surface area contributed by atoms with Gasteiger partial charge >= 0.3 is 17.5 Å². The predicted molar refractivity (Wildman–Crippen MR) is 68.5 cm³/mol. The van der Waals surface area contributed by atoms with Crippen molar-refractivity contribution < 1.29 is 45.3 Å². The Labute approximate surface area is 134 Å². The molecule has 0 saturated heterocycles. The van der Waals surface area contributed by atoms with Crippen molar-refractivity contribution in [2.75, 3.05) is 13.7 Å². The van der Waals surface area contributed by atoms with Crippen molar-refractivity contribution in [3.05, 3.63) is 18.7 Å². The maximum Gasteiger partial charge on any atom is 0.369 e. The lowest BCUT2D eigenvalue weighted by atomic mass is 10.0. The Hall–Kier alpha value is -1.41. The average Bonchev–Trinajstić information content (AvgIpc) is 2.83. The number of imidazole rings is 1. The number of methoxy groups -OCH3 is 1. The summed E-state index contributed by atoms with van der Waals surface area (Å²) >= 11 is 0. The fraction of sp³-hybridized carbons (Fsp3) is 0.615. The normalized spacial score (nSPS) is 14.5. The summed E-state index contributed by atoms with van der Waals surface area (Å²) in [6.07, 6.45) is 4.17. The molecule has 0 bridgehead atoms. The highest BCUT2D eigenvalue weighted by atomic mass is 79.9. The van der Waals surface area contributed by atoms with Crippen molar-refractivity contribution >= 4 is 11.9 Å². The van der Waals surface area contributed by atoms with Crippen molar-refractivity contribution in [1.82, 2.24) is 4.57 Å². The summed E-state index contributed by atoms with van der Waals surface area (Å²) < 4.78 is 18.2. The largest absolute Gasteiger partial charge is 1.00 e. The molecule has 0 fully saturated rings. The minimum Gasteiger partial charge on any atom is -1.00 e. The van der Waals surface area contributed by atoms with E-state index in [-0.39, 0.29) is 17.0 Å². The van der Waals surface area contributed by atoms with Crippen LogP contribution in [0.1, 0.15) is 20.8 Å². The van der Waals surface area contributed by atoms with Gasteiger partial charge in [-0.3, -0.25) is 0 Å². The molecule has 0 radical (unpaired) electrons. The van der Waals surface area contributed by atoms with Crippen molar-refractivity contribution in [2.45, 2.75) is 32.6 Å². The molecule has 0 spiro atoms. The molecule has 0 aliphatic rings. The number of nitrogens with zero attached hydrogens (tertiary/aromatic N) is 2. The number of hydrogen-bond donors (Lipinski definition) is 0. The Balaban J connectivity index is 0.00000400. The van der Waals surface area contributed by atoms with E-state index in [9.17, 15) is 9.59 Å². The first-order valence-corrected chi connectivity index (χ1v) is 6.31. The fourth-order valence-corrected chi connectivity index (χ4v) is 1.74. The van der Waals surface area contributed by atoms with E-state index in [1.165, 1.54) is 18.6 Å². The minimum absolute atomic E-state index is 0. The van der Waals surface area contributed by atoms with E-state index in [0.717, 1.165) is 0 Å². The molecule has 1 rings (SSSR count). The van der Waals surface area contributed by atoms with Gasteiger partial charge in [0.1, 0.15) is 12.4 Å². The van der Waals surface area contributed by atoms with Crippen LogP contribution in [-0.4, -0.2) is 36.5 Å². The molecule has 2 unspecified atom stereocenters. The average molecular weight is 365 g/mol. The number of rotatable bonds is 6. The van der Waals surface area contributed by atoms with Gasteiger partial charge in [0.25, 0.3) is 0 Å². The van der Waals surface area contributed by atoms with Crippen LogP contribution >= 0.6 is 0 Å². The third-order valence-electron chi connectivity index (χ3n) is 2.94. The summed E-state index contributed by atoms with van der Waals surface area (Å²) in [5.41, 5.74) is -1.60. The summed E-state index contributed by atoms with van der Waals surface area (Å²) in [5.74, 6) is -1.44. The second-order valence-electron chi connectivity index (χ2n) is 4.48. The smallest absolute Gasteiger partial charge is 0.369 e. The number of carbonyl (C=O) groups is 2. The Morgan fingerprint density at radius 3 is 2.43 bits per heavy atom. The van der Waals surface area contributed by atoms with E-state index in [1.807, 2.05) is 0 Å². The second-order valence-corrected chi connectivity index (χ2v) is 4.48. The molecule has 1 aromatic heterocycles. The highest BCUT2D eigenvalue weighted by Crippen LogP contribution is 2.20. The van der Waals surface area contributed by atoms with E-state index in [1.54, 1.807) is 44.2 Å². The van der Waals surface area contributed by atoms with Crippen LogP contribution < -0.4 is 21.5 Å². The van der Waals surface area contributed by atoms with E-state index in [4.69, 9.17) is 14.2 Å². The summed E-state index contributed by atoms with van der Waals surface area (Å²) in [7, 11) is 3.01. The van der Waals surface area contributed by atoms with Crippen LogP contribution in [0.4, 0.5) is 0 Å². The lowest BCUT2D eigenvalue weighted by Gasteiger charge is -2.23. The number of halogens is 1. The SMILES string of the molecule is CCOC(C)OC(=O)C(C)(C(=O)OC)n1cc[n+](C)c1.[Br-]. The quantitative estimate of drug-likeness (QED) is 0.235. The van der Waals surface area contributed by atoms with Crippen LogP contribution in [0.25, 0.3) is 0 Å². The molecule has 0 aliphatic carbocycles. The molecule has 21 heavy (non-hydrogen) atoms. The molecule has 0 N–H and O–H groups in total. The molecule has 0 aliphatic heterocycles. The monoisotopic (exact) mass is 364 g/mol. The molecule has 1 aromatic rings. The van der Waals surface area contributed by atoms with Crippen molar-refractivity contribution in [3.8, 4) is 0 Å². The van der Waals surface area contributed by atoms with Crippen LogP contribution in [0.3, 0.4) is 0 Å². The lowest BCUT2D eigenvalue weighted by Crippen LogP contribution is -3.00. The predicted octanol–water partition coefficient (Wildman–Crippen LogP) is -2.87. The summed E-state index contributed by atoms with van der Waals surface area (Å²) in [6.45, 7) is 5.23. The van der Waals surface area contributed by atoms with E-state index < -0.39 is 23.8 Å². The number of ether oxygens (including phenoxy) is 3. The number of hydrogen-bond acceptors (Lipinski definition) is 5. The zero-order chi connectivity index (χ0) is 15.3. The van der Waals surface area contributed by atoms with Gasteiger partial charge in [-0.25, -0.2) is 18.7 Å². The number of aromatic nitrogens is 2. The molecule has 120 valence electrons. The Morgan fingerprint density at radius 2 is 2.00 bits per heavy atom. The summed E-state index contributed by atoms with van der Waals surface area (Å²) in [6, 6.07) is 0. The second kappa shape index (κ2) is 8.14. The Bertz CT molecular complexity index is 491. The standard InChI is InChI=1S/C13H21N2O5.BrH/c1-6-19-10(2)20-12(17)13(3,11(16)18-5)15-8-7-14(4)9-15;/h7-10H,6H2,1-5H3;1H/q+1;/p-1. The number of carbonyl (C=O) groups excluding carboxylic acids is 2. The summed E-state index contributed by atoms with van der Waals surface area (Å²) in [5, 5.41) is 0. The fourth-order valence-electron chi connectivity index (χ4n) is 1.74. The third-order valence-corrected chi connectivity index (χ3v) is 2.94. The van der Waals surface area contributed by atoms with Gasteiger partial charge in [0, 0.05) is 13.5 Å². The van der Waals surface area contributed by atoms with Crippen LogP contribution in [0.15, 0.2) is 18.7 Å². The van der Waals surface area contributed by atoms with Gasteiger partial charge in [-0.2, -0.15) is 0 Å². The maximum absolute atomic E-state index is 12.3. The Kier molecular flexibility index (Phi) is 7.59. The maximum atomic E-state index is 12.3. The molecule has 0 saturated carbocycles. The first kappa shape index (κ1) is 19.6. The topological polar surface area (TPSA) is 70.6 Å². The van der Waals surface area contributed by atoms with Crippen molar-refractivity contribution in [1.29, 1.82) is 0 Å². The molecular weight excluding hydrogens is 344 g/mol. The molecule has 0 amide bonds. The van der Waals surface area contributed by atoms with Gasteiger partial charge in [0.2, 0.25) is 6.33 Å². The van der Waals surface area contributed by atoms with E-state index in [2.05, 4.69) is 0 Å². The van der Waals surface area contributed by atoms with Gasteiger partial charge in [-0.05, 0) is 13.8 Å². The first-order chi connectivity index (χ1) is 9.36. The summed E-state index contributed by atoms with van der Waals surface area (Å²) in [4.78, 5) is 24.4. The molecule has 7 nitrogen and oxygen atoms in total. The molecule has 8 heteroatoms. The Morgan fingerprint density at radius 1 is 1.38 bits per heavy atom. The van der Waals surface area contributed by atoms with E-state index >= 15 is 0 Å². The van der Waals surface area contributed by atoms with Crippen LogP contribution in [0.2, 0.25) is 0 Å². The lowest BCUT2D eigenvalue weighted by molar-refractivity contribution is -0.671. The molecular formula is C13H21BrN2O5. The molecule has 2 atom stereocenters. The molecule has 1 heterocycles. The first-order valence-electron chi connectivity index (χ1n) is 6.31. The van der Waals surface area contributed by atoms with Gasteiger partial charge in [-0.1, -0.05) is 0 Å². The van der Waals surface area contributed by atoms with Gasteiger partial charge < -0.3 is 31.2 Å². The van der Waals surface area contributed by atoms with Gasteiger partial charge in [0.05, 0.1) is 14.2 Å². The van der Waals surface area contributed by atoms with E-state index in [0.29, 0.717) is 6.61 Å². The van der Waals surface area contributed by atoms with Crippen LogP contribution in [0, 0.1) is 0 Å². The van der Waals surface area contributed by atoms with Crippen molar-refractivity contribution in [2.24, 2.45) is 7.05 Å².